The molecule has 1 saturated heterocycles. The van der Waals surface area contributed by atoms with Gasteiger partial charge >= 0.3 is 0 Å². The number of hydrogen-bond donors (Lipinski definition) is 0. The number of amides is 1. The molecule has 6 nitrogen and oxygen atoms in total. The molecule has 0 radical (unpaired) electrons. The number of carbonyl (C=O) groups excluding carboxylic acids is 1. The third kappa shape index (κ3) is 4.05. The number of thiophene rings is 1. The van der Waals surface area contributed by atoms with Crippen LogP contribution in [0.4, 0.5) is 0 Å². The van der Waals surface area contributed by atoms with Gasteiger partial charge in [-0.15, -0.1) is 11.3 Å². The van der Waals surface area contributed by atoms with Crippen molar-refractivity contribution in [3.05, 3.63) is 52.2 Å². The van der Waals surface area contributed by atoms with Gasteiger partial charge in [0.05, 0.1) is 38.6 Å². The quantitative estimate of drug-likeness (QED) is 0.794. The van der Waals surface area contributed by atoms with Crippen molar-refractivity contribution in [2.45, 2.75) is 12.5 Å². The Morgan fingerprint density at radius 3 is 2.89 bits per heavy atom. The second-order valence-corrected chi connectivity index (χ2v) is 7.62. The normalized spacial score (nSPS) is 20.6. The Morgan fingerprint density at radius 1 is 1.30 bits per heavy atom. The predicted molar refractivity (Wildman–Crippen MR) is 105 cm³/mol. The van der Waals surface area contributed by atoms with E-state index in [4.69, 9.17) is 14.6 Å². The van der Waals surface area contributed by atoms with Crippen molar-refractivity contribution in [2.24, 2.45) is 5.10 Å². The topological polar surface area (TPSA) is 54.4 Å². The van der Waals surface area contributed by atoms with E-state index in [1.165, 1.54) is 0 Å². The van der Waals surface area contributed by atoms with E-state index in [1.54, 1.807) is 23.5 Å². The maximum absolute atomic E-state index is 13.0. The smallest absolute Gasteiger partial charge is 0.257 e. The number of ether oxygens (including phenoxy) is 2. The Kier molecular flexibility index (Phi) is 5.52. The van der Waals surface area contributed by atoms with Gasteiger partial charge in [0, 0.05) is 30.0 Å². The van der Waals surface area contributed by atoms with Crippen LogP contribution in [0, 0.1) is 0 Å². The van der Waals surface area contributed by atoms with Crippen LogP contribution in [0.2, 0.25) is 0 Å². The highest BCUT2D eigenvalue weighted by atomic mass is 32.1. The van der Waals surface area contributed by atoms with Gasteiger partial charge in [0.1, 0.15) is 5.75 Å². The number of methoxy groups -OCH3 is 1. The van der Waals surface area contributed by atoms with Gasteiger partial charge in [0.25, 0.3) is 5.91 Å². The third-order valence-electron chi connectivity index (χ3n) is 4.90. The fourth-order valence-corrected chi connectivity index (χ4v) is 4.25. The summed E-state index contributed by atoms with van der Waals surface area (Å²) in [6, 6.07) is 11.9. The molecule has 0 bridgehead atoms. The average molecular weight is 385 g/mol. The molecule has 0 N–H and O–H groups in total. The molecular formula is C20H23N3O3S. The van der Waals surface area contributed by atoms with E-state index in [1.807, 2.05) is 35.7 Å². The van der Waals surface area contributed by atoms with Crippen molar-refractivity contribution in [3.63, 3.8) is 0 Å². The molecular weight excluding hydrogens is 362 g/mol. The molecule has 0 aliphatic carbocycles. The van der Waals surface area contributed by atoms with Gasteiger partial charge in [-0.2, -0.15) is 5.10 Å². The maximum Gasteiger partial charge on any atom is 0.257 e. The summed E-state index contributed by atoms with van der Waals surface area (Å²) in [7, 11) is 1.65. The van der Waals surface area contributed by atoms with Crippen LogP contribution in [0.5, 0.6) is 5.75 Å². The van der Waals surface area contributed by atoms with Crippen LogP contribution in [-0.4, -0.2) is 61.5 Å². The molecule has 142 valence electrons. The lowest BCUT2D eigenvalue weighted by Crippen LogP contribution is -2.43. The minimum atomic E-state index is -0.0419. The van der Waals surface area contributed by atoms with E-state index < -0.39 is 0 Å². The average Bonchev–Trinajstić information content (AvgIpc) is 3.38. The van der Waals surface area contributed by atoms with Gasteiger partial charge in [-0.1, -0.05) is 18.2 Å². The molecule has 1 fully saturated rings. The van der Waals surface area contributed by atoms with Gasteiger partial charge in [0.15, 0.2) is 0 Å². The molecule has 4 rings (SSSR count). The van der Waals surface area contributed by atoms with Gasteiger partial charge in [-0.3, -0.25) is 9.69 Å². The molecule has 1 aromatic heterocycles. The molecule has 1 amide bonds. The zero-order chi connectivity index (χ0) is 18.6. The zero-order valence-corrected chi connectivity index (χ0v) is 16.2. The molecule has 1 unspecified atom stereocenters. The standard InChI is InChI=1S/C20H23N3O3S/c1-25-16-5-2-4-15(12-16)17-13-18(19-6-3-11-27-19)23(21-17)20(24)14-22-7-9-26-10-8-22/h2-6,11-12,18H,7-10,13-14H2,1H3. The van der Waals surface area contributed by atoms with Crippen LogP contribution >= 0.6 is 11.3 Å². The first kappa shape index (κ1) is 18.2. The molecule has 2 aliphatic heterocycles. The maximum atomic E-state index is 13.0. The van der Waals surface area contributed by atoms with Crippen molar-refractivity contribution in [2.75, 3.05) is 40.0 Å². The highest BCUT2D eigenvalue weighted by molar-refractivity contribution is 7.10. The highest BCUT2D eigenvalue weighted by Gasteiger charge is 2.34. The molecule has 3 heterocycles. The van der Waals surface area contributed by atoms with Crippen LogP contribution in [0.1, 0.15) is 22.9 Å². The summed E-state index contributed by atoms with van der Waals surface area (Å²) in [6.07, 6.45) is 0.711. The summed E-state index contributed by atoms with van der Waals surface area (Å²) in [5.41, 5.74) is 1.92. The number of hydrazone groups is 1. The first-order chi connectivity index (χ1) is 13.2. The minimum Gasteiger partial charge on any atom is -0.497 e. The summed E-state index contributed by atoms with van der Waals surface area (Å²) < 4.78 is 10.7. The number of benzene rings is 1. The van der Waals surface area contributed by atoms with Crippen molar-refractivity contribution in [3.8, 4) is 5.75 Å². The van der Waals surface area contributed by atoms with Crippen LogP contribution in [0.25, 0.3) is 0 Å². The summed E-state index contributed by atoms with van der Waals surface area (Å²) >= 11 is 1.67. The summed E-state index contributed by atoms with van der Waals surface area (Å²) in [5, 5.41) is 8.45. The summed E-state index contributed by atoms with van der Waals surface area (Å²) in [5.74, 6) is 0.828. The van der Waals surface area contributed by atoms with Crippen molar-refractivity contribution in [1.29, 1.82) is 0 Å². The van der Waals surface area contributed by atoms with E-state index in [9.17, 15) is 4.79 Å². The van der Waals surface area contributed by atoms with Gasteiger partial charge in [-0.25, -0.2) is 5.01 Å². The zero-order valence-electron chi connectivity index (χ0n) is 15.3. The molecule has 27 heavy (non-hydrogen) atoms. The van der Waals surface area contributed by atoms with E-state index in [2.05, 4.69) is 11.0 Å². The Morgan fingerprint density at radius 2 is 2.15 bits per heavy atom. The fourth-order valence-electron chi connectivity index (χ4n) is 3.44. The van der Waals surface area contributed by atoms with E-state index in [0.717, 1.165) is 35.0 Å². The molecule has 1 aromatic carbocycles. The summed E-state index contributed by atoms with van der Waals surface area (Å²) in [4.78, 5) is 16.3. The van der Waals surface area contributed by atoms with Crippen molar-refractivity contribution < 1.29 is 14.3 Å². The molecule has 2 aliphatic rings. The van der Waals surface area contributed by atoms with Crippen LogP contribution < -0.4 is 4.74 Å². The molecule has 1 atom stereocenters. The Hall–Kier alpha value is -2.22. The van der Waals surface area contributed by atoms with Gasteiger partial charge in [0.2, 0.25) is 0 Å². The van der Waals surface area contributed by atoms with Gasteiger partial charge < -0.3 is 9.47 Å². The molecule has 7 heteroatoms. The van der Waals surface area contributed by atoms with Crippen LogP contribution in [-0.2, 0) is 9.53 Å². The lowest BCUT2D eigenvalue weighted by atomic mass is 10.0. The number of morpholine rings is 1. The van der Waals surface area contributed by atoms with Crippen molar-refractivity contribution in [1.82, 2.24) is 9.91 Å². The largest absolute Gasteiger partial charge is 0.497 e. The van der Waals surface area contributed by atoms with Crippen molar-refractivity contribution >= 4 is 23.0 Å². The van der Waals surface area contributed by atoms with E-state index in [0.29, 0.717) is 26.2 Å². The number of hydrogen-bond acceptors (Lipinski definition) is 6. The van der Waals surface area contributed by atoms with Crippen LogP contribution in [0.15, 0.2) is 46.9 Å². The Balaban J connectivity index is 1.58. The number of carbonyl (C=O) groups is 1. The monoisotopic (exact) mass is 385 g/mol. The third-order valence-corrected chi connectivity index (χ3v) is 5.88. The fraction of sp³-hybridized carbons (Fsp3) is 0.400. The number of nitrogens with zero attached hydrogens (tertiary/aromatic N) is 3. The van der Waals surface area contributed by atoms with Gasteiger partial charge in [-0.05, 0) is 23.6 Å². The molecule has 2 aromatic rings. The number of rotatable bonds is 5. The SMILES string of the molecule is COc1cccc(C2=NN(C(=O)CN3CCOCC3)C(c3cccs3)C2)c1. The molecule has 0 saturated carbocycles. The first-order valence-corrected chi connectivity index (χ1v) is 10.00. The molecule has 0 spiro atoms. The summed E-state index contributed by atoms with van der Waals surface area (Å²) in [6.45, 7) is 3.31. The Bertz CT molecular complexity index is 816. The lowest BCUT2D eigenvalue weighted by Gasteiger charge is -2.28. The van der Waals surface area contributed by atoms with E-state index in [-0.39, 0.29) is 11.9 Å². The second kappa shape index (κ2) is 8.21. The minimum absolute atomic E-state index is 0.0354. The second-order valence-electron chi connectivity index (χ2n) is 6.64. The highest BCUT2D eigenvalue weighted by Crippen LogP contribution is 2.35. The van der Waals surface area contributed by atoms with E-state index >= 15 is 0 Å². The first-order valence-electron chi connectivity index (χ1n) is 9.12. The predicted octanol–water partition coefficient (Wildman–Crippen LogP) is 2.77. The lowest BCUT2D eigenvalue weighted by molar-refractivity contribution is -0.135. The van der Waals surface area contributed by atoms with Crippen LogP contribution in [0.3, 0.4) is 0 Å². The Labute approximate surface area is 163 Å².